The first-order chi connectivity index (χ1) is 8.07. The Kier molecular flexibility index (Phi) is 3.26. The largest absolute Gasteiger partial charge is 0.298 e. The molecular formula is C14H15NOS. The molecule has 88 valence electrons. The number of benzene rings is 1. The van der Waals surface area contributed by atoms with E-state index >= 15 is 0 Å². The van der Waals surface area contributed by atoms with Crippen molar-refractivity contribution in [3.05, 3.63) is 29.8 Å². The molecule has 0 saturated carbocycles. The molecule has 0 bridgehead atoms. The minimum atomic E-state index is -0.845. The summed E-state index contributed by atoms with van der Waals surface area (Å²) in [6.45, 7) is 3.26. The van der Waals surface area contributed by atoms with E-state index in [2.05, 4.69) is 18.2 Å². The van der Waals surface area contributed by atoms with Crippen LogP contribution in [0.5, 0.6) is 0 Å². The molecule has 1 aliphatic rings. The zero-order valence-corrected chi connectivity index (χ0v) is 10.9. The molecule has 1 aliphatic heterocycles. The van der Waals surface area contributed by atoms with Gasteiger partial charge >= 0.3 is 0 Å². The van der Waals surface area contributed by atoms with E-state index in [4.69, 9.17) is 0 Å². The lowest BCUT2D eigenvalue weighted by Gasteiger charge is -2.22. The number of fused-ring (bicyclic) bond motifs is 1. The molecule has 0 amide bonds. The summed E-state index contributed by atoms with van der Waals surface area (Å²) in [5, 5.41) is 9.19. The van der Waals surface area contributed by atoms with Crippen LogP contribution in [-0.4, -0.2) is 11.5 Å². The Morgan fingerprint density at radius 2 is 2.29 bits per heavy atom. The Morgan fingerprint density at radius 3 is 2.94 bits per heavy atom. The Bertz CT molecular complexity index is 491. The van der Waals surface area contributed by atoms with Crippen LogP contribution in [0.1, 0.15) is 31.7 Å². The van der Waals surface area contributed by atoms with Crippen LogP contribution in [0.3, 0.4) is 0 Å². The van der Waals surface area contributed by atoms with Gasteiger partial charge in [0.25, 0.3) is 0 Å². The predicted molar refractivity (Wildman–Crippen MR) is 68.9 cm³/mol. The average molecular weight is 245 g/mol. The number of nitriles is 1. The average Bonchev–Trinajstić information content (AvgIpc) is 2.72. The zero-order chi connectivity index (χ0) is 12.5. The minimum Gasteiger partial charge on any atom is -0.298 e. The van der Waals surface area contributed by atoms with Crippen LogP contribution < -0.4 is 0 Å². The first-order valence-corrected chi connectivity index (χ1v) is 6.69. The van der Waals surface area contributed by atoms with E-state index < -0.39 is 5.41 Å². The van der Waals surface area contributed by atoms with Gasteiger partial charge in [-0.15, -0.1) is 11.8 Å². The maximum atomic E-state index is 11.6. The number of carbonyl (C=O) groups excluding carboxylic acids is 1. The highest BCUT2D eigenvalue weighted by Crippen LogP contribution is 2.44. The second-order valence-electron chi connectivity index (χ2n) is 4.75. The third-order valence-electron chi connectivity index (χ3n) is 3.48. The number of hydrogen-bond acceptors (Lipinski definition) is 3. The highest BCUT2D eigenvalue weighted by molar-refractivity contribution is 7.99. The quantitative estimate of drug-likeness (QED) is 0.819. The Hall–Kier alpha value is -1.27. The lowest BCUT2D eigenvalue weighted by molar-refractivity contribution is -0.123. The standard InChI is InChI=1S/C14H15NOS/c1-10(16)14(2,9-15)7-11-8-17-13-6-4-3-5-12(11)13/h3-6,11H,7-8H2,1-2H3. The first kappa shape index (κ1) is 12.2. The molecule has 0 N–H and O–H groups in total. The van der Waals surface area contributed by atoms with Crippen LogP contribution in [0.15, 0.2) is 29.2 Å². The van der Waals surface area contributed by atoms with Crippen LogP contribution in [0, 0.1) is 16.7 Å². The number of hydrogen-bond donors (Lipinski definition) is 0. The lowest BCUT2D eigenvalue weighted by atomic mass is 9.78. The molecule has 2 unspecified atom stereocenters. The van der Waals surface area contributed by atoms with Gasteiger partial charge in [-0.1, -0.05) is 18.2 Å². The summed E-state index contributed by atoms with van der Waals surface area (Å²) in [5.41, 5.74) is 0.447. The van der Waals surface area contributed by atoms with Gasteiger partial charge in [0.15, 0.2) is 0 Å². The highest BCUT2D eigenvalue weighted by Gasteiger charge is 2.36. The number of Topliss-reactive ketones (excluding diaryl/α,β-unsaturated/α-hetero) is 1. The molecule has 2 nitrogen and oxygen atoms in total. The van der Waals surface area contributed by atoms with E-state index in [9.17, 15) is 10.1 Å². The van der Waals surface area contributed by atoms with Crippen molar-refractivity contribution in [2.24, 2.45) is 5.41 Å². The molecule has 2 atom stereocenters. The fourth-order valence-corrected chi connectivity index (χ4v) is 3.41. The summed E-state index contributed by atoms with van der Waals surface area (Å²) >= 11 is 1.82. The highest BCUT2D eigenvalue weighted by atomic mass is 32.2. The van der Waals surface area contributed by atoms with Crippen LogP contribution in [0.4, 0.5) is 0 Å². The van der Waals surface area contributed by atoms with Crippen molar-refractivity contribution < 1.29 is 4.79 Å². The lowest BCUT2D eigenvalue weighted by Crippen LogP contribution is -2.26. The molecule has 0 radical (unpaired) electrons. The fraction of sp³-hybridized carbons (Fsp3) is 0.429. The molecule has 3 heteroatoms. The number of ketones is 1. The zero-order valence-electron chi connectivity index (χ0n) is 10.1. The topological polar surface area (TPSA) is 40.9 Å². The molecule has 0 aliphatic carbocycles. The third kappa shape index (κ3) is 2.23. The number of thioether (sulfide) groups is 1. The van der Waals surface area contributed by atoms with Crippen molar-refractivity contribution in [2.75, 3.05) is 5.75 Å². The molecular weight excluding hydrogens is 230 g/mol. The van der Waals surface area contributed by atoms with Gasteiger partial charge in [0.1, 0.15) is 11.2 Å². The van der Waals surface area contributed by atoms with E-state index in [0.717, 1.165) is 5.75 Å². The van der Waals surface area contributed by atoms with Crippen molar-refractivity contribution in [2.45, 2.75) is 31.1 Å². The monoisotopic (exact) mass is 245 g/mol. The smallest absolute Gasteiger partial charge is 0.149 e. The summed E-state index contributed by atoms with van der Waals surface area (Å²) in [5.74, 6) is 1.27. The van der Waals surface area contributed by atoms with E-state index in [1.54, 1.807) is 6.92 Å². The summed E-state index contributed by atoms with van der Waals surface area (Å²) in [7, 11) is 0. The normalized spacial score (nSPS) is 21.4. The second-order valence-corrected chi connectivity index (χ2v) is 5.81. The van der Waals surface area contributed by atoms with Crippen molar-refractivity contribution in [3.8, 4) is 6.07 Å². The van der Waals surface area contributed by atoms with Gasteiger partial charge in [-0.2, -0.15) is 5.26 Å². The Labute approximate surface area is 106 Å². The van der Waals surface area contributed by atoms with Gasteiger partial charge in [0, 0.05) is 10.6 Å². The van der Waals surface area contributed by atoms with Gasteiger partial charge in [-0.05, 0) is 37.8 Å². The Morgan fingerprint density at radius 1 is 1.59 bits per heavy atom. The Balaban J connectivity index is 2.23. The molecule has 1 aromatic carbocycles. The predicted octanol–water partition coefficient (Wildman–Crippen LogP) is 3.38. The van der Waals surface area contributed by atoms with Crippen LogP contribution in [-0.2, 0) is 4.79 Å². The van der Waals surface area contributed by atoms with Crippen molar-refractivity contribution in [3.63, 3.8) is 0 Å². The van der Waals surface area contributed by atoms with E-state index in [-0.39, 0.29) is 5.78 Å². The summed E-state index contributed by atoms with van der Waals surface area (Å²) in [4.78, 5) is 12.9. The van der Waals surface area contributed by atoms with Gasteiger partial charge in [-0.3, -0.25) is 4.79 Å². The van der Waals surface area contributed by atoms with Crippen LogP contribution in [0.25, 0.3) is 0 Å². The van der Waals surface area contributed by atoms with Crippen LogP contribution in [0.2, 0.25) is 0 Å². The number of nitrogens with zero attached hydrogens (tertiary/aromatic N) is 1. The molecule has 2 rings (SSSR count). The summed E-state index contributed by atoms with van der Waals surface area (Å²) in [6.07, 6.45) is 0.628. The van der Waals surface area contributed by atoms with E-state index in [1.165, 1.54) is 17.4 Å². The number of carbonyl (C=O) groups is 1. The maximum Gasteiger partial charge on any atom is 0.149 e. The third-order valence-corrected chi connectivity index (χ3v) is 4.73. The number of rotatable bonds is 3. The summed E-state index contributed by atoms with van der Waals surface area (Å²) < 4.78 is 0. The molecule has 0 spiro atoms. The van der Waals surface area contributed by atoms with Gasteiger partial charge in [0.2, 0.25) is 0 Å². The molecule has 1 aromatic rings. The van der Waals surface area contributed by atoms with Crippen molar-refractivity contribution in [1.29, 1.82) is 5.26 Å². The SMILES string of the molecule is CC(=O)C(C)(C#N)CC1CSc2ccccc21. The van der Waals surface area contributed by atoms with E-state index in [0.29, 0.717) is 12.3 Å². The maximum absolute atomic E-state index is 11.6. The molecule has 17 heavy (non-hydrogen) atoms. The fourth-order valence-electron chi connectivity index (χ4n) is 2.16. The van der Waals surface area contributed by atoms with Crippen molar-refractivity contribution in [1.82, 2.24) is 0 Å². The first-order valence-electron chi connectivity index (χ1n) is 5.71. The van der Waals surface area contributed by atoms with Crippen LogP contribution >= 0.6 is 11.8 Å². The van der Waals surface area contributed by atoms with Gasteiger partial charge < -0.3 is 0 Å². The second kappa shape index (κ2) is 4.54. The molecule has 1 heterocycles. The van der Waals surface area contributed by atoms with Gasteiger partial charge in [-0.25, -0.2) is 0 Å². The van der Waals surface area contributed by atoms with E-state index in [1.807, 2.05) is 23.9 Å². The van der Waals surface area contributed by atoms with Gasteiger partial charge in [0.05, 0.1) is 6.07 Å². The minimum absolute atomic E-state index is 0.0330. The molecule has 0 aromatic heterocycles. The molecule has 0 fully saturated rings. The molecule has 0 saturated heterocycles. The van der Waals surface area contributed by atoms with Crippen molar-refractivity contribution >= 4 is 17.5 Å². The summed E-state index contributed by atoms with van der Waals surface area (Å²) in [6, 6.07) is 10.4.